The molecule has 3 heterocycles. The molecule has 0 amide bonds. The van der Waals surface area contributed by atoms with E-state index in [9.17, 15) is 4.39 Å². The van der Waals surface area contributed by atoms with Crippen LogP contribution in [0.3, 0.4) is 0 Å². The van der Waals surface area contributed by atoms with Crippen LogP contribution in [-0.2, 0) is 0 Å². The second-order valence-corrected chi connectivity index (χ2v) is 5.83. The number of halogens is 2. The molecule has 0 unspecified atom stereocenters. The van der Waals surface area contributed by atoms with Crippen LogP contribution < -0.4 is 10.2 Å². The number of rotatable bonds is 3. The predicted octanol–water partition coefficient (Wildman–Crippen LogP) is 2.00. The Balaban J connectivity index is 1.46. The number of nitrogens with one attached hydrogen (secondary N) is 1. The lowest BCUT2D eigenvalue weighted by Crippen LogP contribution is -2.26. The summed E-state index contributed by atoms with van der Waals surface area (Å²) < 4.78 is 15.0. The van der Waals surface area contributed by atoms with Crippen LogP contribution in [-0.4, -0.2) is 44.4 Å². The molecule has 0 saturated carbocycles. The van der Waals surface area contributed by atoms with Crippen LogP contribution in [0.5, 0.6) is 0 Å². The molecule has 4 rings (SSSR count). The molecule has 118 valence electrons. The molecule has 3 aromatic rings. The lowest BCUT2D eigenvalue weighted by atomic mass is 10.2. The van der Waals surface area contributed by atoms with Gasteiger partial charge in [0.2, 0.25) is 0 Å². The quantitative estimate of drug-likeness (QED) is 0.790. The van der Waals surface area contributed by atoms with E-state index in [1.165, 1.54) is 10.7 Å². The summed E-state index contributed by atoms with van der Waals surface area (Å²) in [5.41, 5.74) is 1.43. The van der Waals surface area contributed by atoms with E-state index in [1.807, 2.05) is 12.1 Å². The largest absolute Gasteiger partial charge is 0.369 e. The summed E-state index contributed by atoms with van der Waals surface area (Å²) in [6.45, 7) is 1.60. The number of hydrogen-bond donors (Lipinski definition) is 1. The van der Waals surface area contributed by atoms with Crippen molar-refractivity contribution in [3.8, 4) is 0 Å². The maximum Gasteiger partial charge on any atom is 0.200 e. The van der Waals surface area contributed by atoms with Crippen molar-refractivity contribution in [1.82, 2.24) is 25.3 Å². The zero-order valence-corrected chi connectivity index (χ0v) is 12.8. The van der Waals surface area contributed by atoms with E-state index in [2.05, 4.69) is 30.8 Å². The molecule has 1 aliphatic heterocycles. The molecule has 9 heteroatoms. The molecular weight excluding hydrogens is 321 g/mol. The van der Waals surface area contributed by atoms with Crippen LogP contribution in [0.25, 0.3) is 5.65 Å². The standard InChI is InChI=1S/C14H13ClFN7/c15-11-2-1-10(7-12(11)16)22-6-5-9(8-22)17-13-3-4-14-18-20-21-23(14)19-13/h1-4,7,9H,5-6,8H2,(H,17,19)/t9-/m1/s1. The normalized spacial score (nSPS) is 17.8. The zero-order valence-electron chi connectivity index (χ0n) is 12.0. The molecule has 0 bridgehead atoms. The lowest BCUT2D eigenvalue weighted by molar-refractivity contribution is 0.627. The first-order valence-corrected chi connectivity index (χ1v) is 7.59. The van der Waals surface area contributed by atoms with Crippen LogP contribution in [0.4, 0.5) is 15.9 Å². The monoisotopic (exact) mass is 333 g/mol. The van der Waals surface area contributed by atoms with E-state index in [-0.39, 0.29) is 11.1 Å². The Morgan fingerprint density at radius 3 is 3.04 bits per heavy atom. The molecule has 1 atom stereocenters. The number of hydrogen-bond acceptors (Lipinski definition) is 6. The van der Waals surface area contributed by atoms with Crippen molar-refractivity contribution in [2.45, 2.75) is 12.5 Å². The third-order valence-electron chi connectivity index (χ3n) is 3.88. The van der Waals surface area contributed by atoms with Crippen LogP contribution >= 0.6 is 11.6 Å². The fraction of sp³-hybridized carbons (Fsp3) is 0.286. The van der Waals surface area contributed by atoms with E-state index < -0.39 is 5.82 Å². The average Bonchev–Trinajstić information content (AvgIpc) is 3.19. The fourth-order valence-electron chi connectivity index (χ4n) is 2.73. The minimum absolute atomic E-state index is 0.140. The van der Waals surface area contributed by atoms with E-state index in [0.717, 1.165) is 25.2 Å². The molecule has 23 heavy (non-hydrogen) atoms. The van der Waals surface area contributed by atoms with Gasteiger partial charge in [0.1, 0.15) is 11.6 Å². The van der Waals surface area contributed by atoms with Crippen LogP contribution in [0.15, 0.2) is 30.3 Å². The molecule has 1 saturated heterocycles. The van der Waals surface area contributed by atoms with E-state index >= 15 is 0 Å². The SMILES string of the molecule is Fc1cc(N2CC[C@@H](Nc3ccc4nnnn4n3)C2)ccc1Cl. The van der Waals surface area contributed by atoms with E-state index in [1.54, 1.807) is 12.1 Å². The van der Waals surface area contributed by atoms with Crippen molar-refractivity contribution in [1.29, 1.82) is 0 Å². The highest BCUT2D eigenvalue weighted by atomic mass is 35.5. The summed E-state index contributed by atoms with van der Waals surface area (Å²) in [5.74, 6) is 0.310. The van der Waals surface area contributed by atoms with Crippen molar-refractivity contribution in [3.63, 3.8) is 0 Å². The van der Waals surface area contributed by atoms with E-state index in [0.29, 0.717) is 11.5 Å². The summed E-state index contributed by atoms with van der Waals surface area (Å²) in [5, 5.41) is 18.9. The Morgan fingerprint density at radius 1 is 1.26 bits per heavy atom. The van der Waals surface area contributed by atoms with Gasteiger partial charge in [0.05, 0.1) is 5.02 Å². The Hall–Kier alpha value is -2.48. The minimum atomic E-state index is -0.397. The Morgan fingerprint density at radius 2 is 2.17 bits per heavy atom. The first-order valence-electron chi connectivity index (χ1n) is 7.21. The Bertz CT molecular complexity index is 852. The van der Waals surface area contributed by atoms with Crippen molar-refractivity contribution in [2.24, 2.45) is 0 Å². The zero-order chi connectivity index (χ0) is 15.8. The number of anilines is 2. The summed E-state index contributed by atoms with van der Waals surface area (Å²) >= 11 is 5.73. The number of fused-ring (bicyclic) bond motifs is 1. The molecule has 0 aliphatic carbocycles. The predicted molar refractivity (Wildman–Crippen MR) is 84.2 cm³/mol. The average molecular weight is 334 g/mol. The Labute approximate surface area is 136 Å². The van der Waals surface area contributed by atoms with Gasteiger partial charge in [-0.1, -0.05) is 11.6 Å². The van der Waals surface area contributed by atoms with Crippen molar-refractivity contribution < 1.29 is 4.39 Å². The molecule has 0 spiro atoms. The van der Waals surface area contributed by atoms with Gasteiger partial charge in [-0.05, 0) is 47.2 Å². The van der Waals surface area contributed by atoms with Gasteiger partial charge in [-0.25, -0.2) is 4.39 Å². The topological polar surface area (TPSA) is 71.2 Å². The highest BCUT2D eigenvalue weighted by Gasteiger charge is 2.23. The van der Waals surface area contributed by atoms with Gasteiger partial charge in [-0.15, -0.1) is 14.8 Å². The number of aromatic nitrogens is 5. The first-order chi connectivity index (χ1) is 11.2. The molecular formula is C14H13ClFN7. The first kappa shape index (κ1) is 14.1. The number of benzene rings is 1. The van der Waals surface area contributed by atoms with Gasteiger partial charge in [0.15, 0.2) is 5.65 Å². The minimum Gasteiger partial charge on any atom is -0.369 e. The summed E-state index contributed by atoms with van der Waals surface area (Å²) in [7, 11) is 0. The van der Waals surface area contributed by atoms with Crippen LogP contribution in [0, 0.1) is 5.82 Å². The highest BCUT2D eigenvalue weighted by Crippen LogP contribution is 2.25. The van der Waals surface area contributed by atoms with Crippen molar-refractivity contribution >= 4 is 28.8 Å². The van der Waals surface area contributed by atoms with Gasteiger partial charge >= 0.3 is 0 Å². The molecule has 1 aliphatic rings. The third-order valence-corrected chi connectivity index (χ3v) is 4.18. The third kappa shape index (κ3) is 2.77. The second kappa shape index (κ2) is 5.62. The smallest absolute Gasteiger partial charge is 0.200 e. The van der Waals surface area contributed by atoms with Gasteiger partial charge < -0.3 is 10.2 Å². The maximum absolute atomic E-state index is 13.6. The van der Waals surface area contributed by atoms with Gasteiger partial charge in [-0.3, -0.25) is 0 Å². The fourth-order valence-corrected chi connectivity index (χ4v) is 2.85. The lowest BCUT2D eigenvalue weighted by Gasteiger charge is -2.19. The number of nitrogens with zero attached hydrogens (tertiary/aromatic N) is 6. The Kier molecular flexibility index (Phi) is 3.45. The molecule has 2 aromatic heterocycles. The second-order valence-electron chi connectivity index (χ2n) is 5.42. The summed E-state index contributed by atoms with van der Waals surface area (Å²) in [6, 6.07) is 8.75. The summed E-state index contributed by atoms with van der Waals surface area (Å²) in [4.78, 5) is 2.12. The van der Waals surface area contributed by atoms with Gasteiger partial charge in [0.25, 0.3) is 0 Å². The van der Waals surface area contributed by atoms with Crippen LogP contribution in [0.1, 0.15) is 6.42 Å². The molecule has 1 aromatic carbocycles. The number of tetrazole rings is 1. The van der Waals surface area contributed by atoms with Gasteiger partial charge in [-0.2, -0.15) is 0 Å². The molecule has 0 radical (unpaired) electrons. The maximum atomic E-state index is 13.6. The molecule has 1 N–H and O–H groups in total. The van der Waals surface area contributed by atoms with Gasteiger partial charge in [0, 0.05) is 24.8 Å². The highest BCUT2D eigenvalue weighted by molar-refractivity contribution is 6.30. The van der Waals surface area contributed by atoms with Crippen molar-refractivity contribution in [2.75, 3.05) is 23.3 Å². The summed E-state index contributed by atoms with van der Waals surface area (Å²) in [6.07, 6.45) is 0.930. The van der Waals surface area contributed by atoms with E-state index in [4.69, 9.17) is 11.6 Å². The molecule has 7 nitrogen and oxygen atoms in total. The van der Waals surface area contributed by atoms with Crippen molar-refractivity contribution in [3.05, 3.63) is 41.2 Å². The van der Waals surface area contributed by atoms with Crippen LogP contribution in [0.2, 0.25) is 5.02 Å². The molecule has 1 fully saturated rings.